The molecule has 2 aromatic carbocycles. The van der Waals surface area contributed by atoms with E-state index in [1.54, 1.807) is 7.11 Å². The van der Waals surface area contributed by atoms with E-state index in [9.17, 15) is 4.79 Å². The molecule has 4 rings (SSSR count). The number of nitrogens with one attached hydrogen (secondary N) is 1. The predicted molar refractivity (Wildman–Crippen MR) is 119 cm³/mol. The molecule has 1 aliphatic rings. The Hall–Kier alpha value is -3.23. The molecule has 0 unspecified atom stereocenters. The standard InChI is InChI=1S/C23H28N6O2/c1-18-7-3-5-9-21(18)29-19(15-24-26-29)16-27-11-13-28(14-12-27)17-23(30)25-20-8-4-6-10-22(20)31-2/h3-10,15H,11-14,16-17H2,1-2H3,(H,25,30). The van der Waals surface area contributed by atoms with Crippen LogP contribution in [0.1, 0.15) is 11.3 Å². The van der Waals surface area contributed by atoms with Gasteiger partial charge in [-0.25, -0.2) is 4.68 Å². The summed E-state index contributed by atoms with van der Waals surface area (Å²) in [6.07, 6.45) is 1.83. The quantitative estimate of drug-likeness (QED) is 0.632. The molecule has 1 aromatic heterocycles. The Labute approximate surface area is 182 Å². The number of rotatable bonds is 7. The minimum Gasteiger partial charge on any atom is -0.495 e. The van der Waals surface area contributed by atoms with Gasteiger partial charge in [0.2, 0.25) is 5.91 Å². The summed E-state index contributed by atoms with van der Waals surface area (Å²) in [4.78, 5) is 17.0. The van der Waals surface area contributed by atoms with E-state index in [0.29, 0.717) is 18.0 Å². The number of aromatic nitrogens is 3. The summed E-state index contributed by atoms with van der Waals surface area (Å²) < 4.78 is 7.22. The van der Waals surface area contributed by atoms with Crippen LogP contribution >= 0.6 is 0 Å². The van der Waals surface area contributed by atoms with Crippen LogP contribution in [-0.2, 0) is 11.3 Å². The summed E-state index contributed by atoms with van der Waals surface area (Å²) in [6, 6.07) is 15.6. The number of ether oxygens (including phenoxy) is 1. The molecule has 0 bridgehead atoms. The minimum absolute atomic E-state index is 0.0280. The highest BCUT2D eigenvalue weighted by atomic mass is 16.5. The first-order valence-electron chi connectivity index (χ1n) is 10.5. The smallest absolute Gasteiger partial charge is 0.238 e. The Morgan fingerprint density at radius 3 is 2.52 bits per heavy atom. The normalized spacial score (nSPS) is 15.0. The van der Waals surface area contributed by atoms with E-state index >= 15 is 0 Å². The van der Waals surface area contributed by atoms with Gasteiger partial charge in [0, 0.05) is 32.7 Å². The molecule has 3 aromatic rings. The maximum Gasteiger partial charge on any atom is 0.238 e. The lowest BCUT2D eigenvalue weighted by atomic mass is 10.2. The molecule has 8 nitrogen and oxygen atoms in total. The number of anilines is 1. The van der Waals surface area contributed by atoms with E-state index < -0.39 is 0 Å². The van der Waals surface area contributed by atoms with Gasteiger partial charge in [0.1, 0.15) is 5.75 Å². The molecule has 162 valence electrons. The van der Waals surface area contributed by atoms with Gasteiger partial charge in [0.15, 0.2) is 0 Å². The van der Waals surface area contributed by atoms with Crippen molar-refractivity contribution in [3.8, 4) is 11.4 Å². The molecular formula is C23H28N6O2. The number of benzene rings is 2. The number of amides is 1. The van der Waals surface area contributed by atoms with E-state index in [1.807, 2.05) is 47.3 Å². The second kappa shape index (κ2) is 9.72. The third kappa shape index (κ3) is 5.10. The lowest BCUT2D eigenvalue weighted by Crippen LogP contribution is -2.48. The lowest BCUT2D eigenvalue weighted by Gasteiger charge is -2.34. The molecule has 0 aliphatic carbocycles. The summed E-state index contributed by atoms with van der Waals surface area (Å²) >= 11 is 0. The van der Waals surface area contributed by atoms with Gasteiger partial charge in [-0.15, -0.1) is 5.10 Å². The topological polar surface area (TPSA) is 75.5 Å². The van der Waals surface area contributed by atoms with Gasteiger partial charge in [-0.05, 0) is 30.7 Å². The third-order valence-electron chi connectivity index (χ3n) is 5.56. The van der Waals surface area contributed by atoms with Crippen LogP contribution in [0.2, 0.25) is 0 Å². The average Bonchev–Trinajstić information content (AvgIpc) is 3.23. The number of hydrogen-bond donors (Lipinski definition) is 1. The molecular weight excluding hydrogens is 392 g/mol. The van der Waals surface area contributed by atoms with Crippen molar-refractivity contribution < 1.29 is 9.53 Å². The van der Waals surface area contributed by atoms with Gasteiger partial charge in [-0.3, -0.25) is 14.6 Å². The second-order valence-corrected chi connectivity index (χ2v) is 7.72. The van der Waals surface area contributed by atoms with Gasteiger partial charge in [0.25, 0.3) is 0 Å². The van der Waals surface area contributed by atoms with E-state index in [0.717, 1.165) is 44.1 Å². The van der Waals surface area contributed by atoms with Crippen LogP contribution < -0.4 is 10.1 Å². The molecule has 0 saturated carbocycles. The molecule has 31 heavy (non-hydrogen) atoms. The molecule has 1 fully saturated rings. The molecule has 0 radical (unpaired) electrons. The summed E-state index contributed by atoms with van der Waals surface area (Å²) in [5.41, 5.74) is 3.99. The number of carbonyl (C=O) groups excluding carboxylic acids is 1. The van der Waals surface area contributed by atoms with Crippen molar-refractivity contribution in [2.24, 2.45) is 0 Å². The molecule has 8 heteroatoms. The second-order valence-electron chi connectivity index (χ2n) is 7.72. The van der Waals surface area contributed by atoms with Crippen molar-refractivity contribution in [3.63, 3.8) is 0 Å². The van der Waals surface area contributed by atoms with Crippen molar-refractivity contribution >= 4 is 11.6 Å². The number of methoxy groups -OCH3 is 1. The van der Waals surface area contributed by atoms with Crippen molar-refractivity contribution in [1.82, 2.24) is 24.8 Å². The zero-order valence-corrected chi connectivity index (χ0v) is 18.0. The zero-order valence-electron chi connectivity index (χ0n) is 18.0. The molecule has 2 heterocycles. The van der Waals surface area contributed by atoms with Gasteiger partial charge in [-0.2, -0.15) is 0 Å². The van der Waals surface area contributed by atoms with E-state index in [1.165, 1.54) is 5.56 Å². The summed E-state index contributed by atoms with van der Waals surface area (Å²) in [5, 5.41) is 11.4. The zero-order chi connectivity index (χ0) is 21.6. The summed E-state index contributed by atoms with van der Waals surface area (Å²) in [5.74, 6) is 0.638. The largest absolute Gasteiger partial charge is 0.495 e. The van der Waals surface area contributed by atoms with Crippen molar-refractivity contribution in [2.45, 2.75) is 13.5 Å². The highest BCUT2D eigenvalue weighted by Crippen LogP contribution is 2.23. The van der Waals surface area contributed by atoms with Gasteiger partial charge < -0.3 is 10.1 Å². The number of nitrogens with zero attached hydrogens (tertiary/aromatic N) is 5. The van der Waals surface area contributed by atoms with Crippen molar-refractivity contribution in [3.05, 3.63) is 66.0 Å². The van der Waals surface area contributed by atoms with Gasteiger partial charge >= 0.3 is 0 Å². The summed E-state index contributed by atoms with van der Waals surface area (Å²) in [6.45, 7) is 6.69. The number of aryl methyl sites for hydroxylation is 1. The van der Waals surface area contributed by atoms with Crippen molar-refractivity contribution in [2.75, 3.05) is 45.2 Å². The number of piperazine rings is 1. The van der Waals surface area contributed by atoms with E-state index in [-0.39, 0.29) is 5.91 Å². The van der Waals surface area contributed by atoms with E-state index in [2.05, 4.69) is 44.5 Å². The lowest BCUT2D eigenvalue weighted by molar-refractivity contribution is -0.117. The number of hydrogen-bond acceptors (Lipinski definition) is 6. The van der Waals surface area contributed by atoms with Gasteiger partial charge in [0.05, 0.1) is 36.9 Å². The Kier molecular flexibility index (Phi) is 6.59. The molecule has 1 aliphatic heterocycles. The highest BCUT2D eigenvalue weighted by Gasteiger charge is 2.21. The molecule has 0 spiro atoms. The Bertz CT molecular complexity index is 1030. The fourth-order valence-corrected chi connectivity index (χ4v) is 3.84. The Morgan fingerprint density at radius 2 is 1.74 bits per heavy atom. The molecule has 1 saturated heterocycles. The fraction of sp³-hybridized carbons (Fsp3) is 0.348. The number of carbonyl (C=O) groups is 1. The van der Waals surface area contributed by atoms with Crippen LogP contribution in [0.25, 0.3) is 5.69 Å². The number of para-hydroxylation sites is 3. The van der Waals surface area contributed by atoms with Crippen LogP contribution in [-0.4, -0.2) is 70.5 Å². The third-order valence-corrected chi connectivity index (χ3v) is 5.56. The Morgan fingerprint density at radius 1 is 1.03 bits per heavy atom. The SMILES string of the molecule is COc1ccccc1NC(=O)CN1CCN(Cc2cnnn2-c2ccccc2C)CC1. The predicted octanol–water partition coefficient (Wildman–Crippen LogP) is 2.34. The van der Waals surface area contributed by atoms with E-state index in [4.69, 9.17) is 4.74 Å². The van der Waals surface area contributed by atoms with Crippen LogP contribution in [0.5, 0.6) is 5.75 Å². The first kappa shape index (κ1) is 21.0. The van der Waals surface area contributed by atoms with Crippen LogP contribution in [0.4, 0.5) is 5.69 Å². The molecule has 1 amide bonds. The summed E-state index contributed by atoms with van der Waals surface area (Å²) in [7, 11) is 1.60. The minimum atomic E-state index is -0.0280. The Balaban J connectivity index is 1.29. The highest BCUT2D eigenvalue weighted by molar-refractivity contribution is 5.93. The van der Waals surface area contributed by atoms with Crippen LogP contribution in [0, 0.1) is 6.92 Å². The maximum absolute atomic E-state index is 12.5. The van der Waals surface area contributed by atoms with Gasteiger partial charge in [-0.1, -0.05) is 35.5 Å². The van der Waals surface area contributed by atoms with Crippen LogP contribution in [0.15, 0.2) is 54.7 Å². The first-order valence-corrected chi connectivity index (χ1v) is 10.5. The fourth-order valence-electron chi connectivity index (χ4n) is 3.84. The molecule has 0 atom stereocenters. The molecule has 1 N–H and O–H groups in total. The maximum atomic E-state index is 12.5. The average molecular weight is 421 g/mol. The first-order chi connectivity index (χ1) is 15.1. The monoisotopic (exact) mass is 420 g/mol. The van der Waals surface area contributed by atoms with Crippen molar-refractivity contribution in [1.29, 1.82) is 0 Å². The van der Waals surface area contributed by atoms with Crippen LogP contribution in [0.3, 0.4) is 0 Å².